The van der Waals surface area contributed by atoms with Crippen molar-refractivity contribution in [1.29, 1.82) is 0 Å². The number of anilines is 1. The first-order valence-corrected chi connectivity index (χ1v) is 8.95. The highest BCUT2D eigenvalue weighted by molar-refractivity contribution is 6.04. The summed E-state index contributed by atoms with van der Waals surface area (Å²) in [7, 11) is 1.91. The van der Waals surface area contributed by atoms with E-state index < -0.39 is 0 Å². The molecule has 2 amide bonds. The minimum absolute atomic E-state index is 0.128. The number of benzene rings is 2. The summed E-state index contributed by atoms with van der Waals surface area (Å²) in [5.74, 6) is -0.260. The normalized spacial score (nSPS) is 13.5. The zero-order chi connectivity index (χ0) is 18.5. The molecule has 0 atom stereocenters. The molecule has 136 valence electrons. The Bertz CT molecular complexity index is 799. The topological polar surface area (TPSA) is 61.4 Å². The van der Waals surface area contributed by atoms with Gasteiger partial charge in [0.25, 0.3) is 5.91 Å². The molecule has 0 spiro atoms. The lowest BCUT2D eigenvalue weighted by Crippen LogP contribution is -2.31. The van der Waals surface area contributed by atoms with E-state index in [9.17, 15) is 9.59 Å². The van der Waals surface area contributed by atoms with Gasteiger partial charge in [0.05, 0.1) is 17.8 Å². The number of hydrogen-bond donors (Lipinski definition) is 2. The Hall–Kier alpha value is -2.66. The highest BCUT2D eigenvalue weighted by Crippen LogP contribution is 2.21. The van der Waals surface area contributed by atoms with Crippen LogP contribution < -0.4 is 10.6 Å². The lowest BCUT2D eigenvalue weighted by Gasteiger charge is -2.18. The summed E-state index contributed by atoms with van der Waals surface area (Å²) in [5.41, 5.74) is 3.48. The Morgan fingerprint density at radius 1 is 1.08 bits per heavy atom. The van der Waals surface area contributed by atoms with Crippen molar-refractivity contribution < 1.29 is 9.59 Å². The number of para-hydroxylation sites is 1. The van der Waals surface area contributed by atoms with Crippen molar-refractivity contribution in [3.63, 3.8) is 0 Å². The van der Waals surface area contributed by atoms with Gasteiger partial charge in [0, 0.05) is 12.6 Å². The molecule has 2 aromatic carbocycles. The summed E-state index contributed by atoms with van der Waals surface area (Å²) < 4.78 is 0. The van der Waals surface area contributed by atoms with Gasteiger partial charge in [-0.05, 0) is 50.1 Å². The van der Waals surface area contributed by atoms with Crippen molar-refractivity contribution in [1.82, 2.24) is 10.2 Å². The smallest absolute Gasteiger partial charge is 0.253 e. The molecule has 0 saturated heterocycles. The van der Waals surface area contributed by atoms with E-state index in [1.165, 1.54) is 11.1 Å². The summed E-state index contributed by atoms with van der Waals surface area (Å²) in [4.78, 5) is 26.7. The molecule has 1 aliphatic carbocycles. The largest absolute Gasteiger partial charge is 0.349 e. The number of aryl methyl sites for hydroxylation is 1. The van der Waals surface area contributed by atoms with Crippen LogP contribution in [0, 0.1) is 6.92 Å². The molecule has 1 aliphatic rings. The average molecular weight is 351 g/mol. The molecule has 0 aliphatic heterocycles. The number of nitrogens with one attached hydrogen (secondary N) is 2. The van der Waals surface area contributed by atoms with Gasteiger partial charge in [-0.2, -0.15) is 0 Å². The predicted octanol–water partition coefficient (Wildman–Crippen LogP) is 2.96. The van der Waals surface area contributed by atoms with Crippen molar-refractivity contribution >= 4 is 17.5 Å². The van der Waals surface area contributed by atoms with Crippen LogP contribution in [0.5, 0.6) is 0 Å². The van der Waals surface area contributed by atoms with Crippen LogP contribution in [-0.2, 0) is 11.3 Å². The van der Waals surface area contributed by atoms with Gasteiger partial charge in [-0.15, -0.1) is 0 Å². The molecule has 0 unspecified atom stereocenters. The molecule has 0 aromatic heterocycles. The zero-order valence-corrected chi connectivity index (χ0v) is 15.3. The van der Waals surface area contributed by atoms with Crippen molar-refractivity contribution in [3.8, 4) is 0 Å². The third-order valence-electron chi connectivity index (χ3n) is 4.47. The number of carbonyl (C=O) groups excluding carboxylic acids is 2. The SMILES string of the molecule is Cc1ccccc1CN(C)CC(=O)Nc1ccccc1C(=O)NC1CC1. The first kappa shape index (κ1) is 18.1. The molecular formula is C21H25N3O2. The number of rotatable bonds is 7. The average Bonchev–Trinajstić information content (AvgIpc) is 3.41. The van der Waals surface area contributed by atoms with Crippen LogP contribution in [0.15, 0.2) is 48.5 Å². The predicted molar refractivity (Wildman–Crippen MR) is 103 cm³/mol. The summed E-state index contributed by atoms with van der Waals surface area (Å²) in [6.45, 7) is 3.02. The van der Waals surface area contributed by atoms with Gasteiger partial charge in [0.2, 0.25) is 5.91 Å². The van der Waals surface area contributed by atoms with E-state index in [4.69, 9.17) is 0 Å². The number of carbonyl (C=O) groups is 2. The number of likely N-dealkylation sites (N-methyl/N-ethyl adjacent to an activating group) is 1. The Labute approximate surface area is 154 Å². The van der Waals surface area contributed by atoms with Gasteiger partial charge in [0.15, 0.2) is 0 Å². The highest BCUT2D eigenvalue weighted by atomic mass is 16.2. The second-order valence-corrected chi connectivity index (χ2v) is 6.94. The summed E-state index contributed by atoms with van der Waals surface area (Å²) >= 11 is 0. The molecule has 2 aromatic rings. The van der Waals surface area contributed by atoms with Crippen molar-refractivity contribution in [2.24, 2.45) is 0 Å². The first-order chi connectivity index (χ1) is 12.5. The van der Waals surface area contributed by atoms with E-state index in [0.717, 1.165) is 12.8 Å². The van der Waals surface area contributed by atoms with Gasteiger partial charge in [0.1, 0.15) is 0 Å². The van der Waals surface area contributed by atoms with E-state index in [1.807, 2.05) is 36.2 Å². The van der Waals surface area contributed by atoms with Gasteiger partial charge in [-0.3, -0.25) is 14.5 Å². The second kappa shape index (κ2) is 8.15. The fraction of sp³-hybridized carbons (Fsp3) is 0.333. The lowest BCUT2D eigenvalue weighted by atomic mass is 10.1. The Kier molecular flexibility index (Phi) is 5.68. The van der Waals surface area contributed by atoms with Crippen molar-refractivity contribution in [2.45, 2.75) is 32.4 Å². The Morgan fingerprint density at radius 3 is 2.50 bits per heavy atom. The first-order valence-electron chi connectivity index (χ1n) is 8.95. The van der Waals surface area contributed by atoms with Crippen LogP contribution in [-0.4, -0.2) is 36.3 Å². The number of amides is 2. The fourth-order valence-corrected chi connectivity index (χ4v) is 2.85. The molecule has 0 bridgehead atoms. The highest BCUT2D eigenvalue weighted by Gasteiger charge is 2.25. The third-order valence-corrected chi connectivity index (χ3v) is 4.47. The molecular weight excluding hydrogens is 326 g/mol. The maximum atomic E-state index is 12.4. The minimum Gasteiger partial charge on any atom is -0.349 e. The molecule has 5 heteroatoms. The van der Waals surface area contributed by atoms with Crippen LogP contribution >= 0.6 is 0 Å². The van der Waals surface area contributed by atoms with Crippen LogP contribution in [0.2, 0.25) is 0 Å². The molecule has 5 nitrogen and oxygen atoms in total. The third kappa shape index (κ3) is 4.92. The molecule has 3 rings (SSSR count). The second-order valence-electron chi connectivity index (χ2n) is 6.94. The molecule has 1 saturated carbocycles. The molecule has 1 fully saturated rings. The molecule has 0 heterocycles. The van der Waals surface area contributed by atoms with Gasteiger partial charge in [-0.25, -0.2) is 0 Å². The van der Waals surface area contributed by atoms with E-state index >= 15 is 0 Å². The van der Waals surface area contributed by atoms with E-state index in [-0.39, 0.29) is 24.4 Å². The maximum Gasteiger partial charge on any atom is 0.253 e. The number of nitrogens with zero attached hydrogens (tertiary/aromatic N) is 1. The van der Waals surface area contributed by atoms with Crippen LogP contribution in [0.3, 0.4) is 0 Å². The van der Waals surface area contributed by atoms with Gasteiger partial charge in [-0.1, -0.05) is 36.4 Å². The zero-order valence-electron chi connectivity index (χ0n) is 15.3. The molecule has 0 radical (unpaired) electrons. The van der Waals surface area contributed by atoms with Crippen molar-refractivity contribution in [3.05, 3.63) is 65.2 Å². The Balaban J connectivity index is 1.59. The van der Waals surface area contributed by atoms with Crippen LogP contribution in [0.4, 0.5) is 5.69 Å². The van der Waals surface area contributed by atoms with E-state index in [2.05, 4.69) is 29.7 Å². The lowest BCUT2D eigenvalue weighted by molar-refractivity contribution is -0.117. The summed E-state index contributed by atoms with van der Waals surface area (Å²) in [6.07, 6.45) is 2.06. The fourth-order valence-electron chi connectivity index (χ4n) is 2.85. The van der Waals surface area contributed by atoms with Gasteiger partial charge >= 0.3 is 0 Å². The van der Waals surface area contributed by atoms with Gasteiger partial charge < -0.3 is 10.6 Å². The van der Waals surface area contributed by atoms with E-state index in [0.29, 0.717) is 17.8 Å². The van der Waals surface area contributed by atoms with Crippen molar-refractivity contribution in [2.75, 3.05) is 18.9 Å². The van der Waals surface area contributed by atoms with Crippen LogP contribution in [0.1, 0.15) is 34.3 Å². The molecule has 26 heavy (non-hydrogen) atoms. The van der Waals surface area contributed by atoms with E-state index in [1.54, 1.807) is 12.1 Å². The Morgan fingerprint density at radius 2 is 1.77 bits per heavy atom. The maximum absolute atomic E-state index is 12.4. The summed E-state index contributed by atoms with van der Waals surface area (Å²) in [6, 6.07) is 15.6. The van der Waals surface area contributed by atoms with Crippen LogP contribution in [0.25, 0.3) is 0 Å². The monoisotopic (exact) mass is 351 g/mol. The standard InChI is InChI=1S/C21H25N3O2/c1-15-7-3-4-8-16(15)13-24(2)14-20(25)23-19-10-6-5-9-18(19)21(26)22-17-11-12-17/h3-10,17H,11-14H2,1-2H3,(H,22,26)(H,23,25). The summed E-state index contributed by atoms with van der Waals surface area (Å²) in [5, 5.41) is 5.84. The number of hydrogen-bond acceptors (Lipinski definition) is 3. The molecule has 2 N–H and O–H groups in total. The quantitative estimate of drug-likeness (QED) is 0.806. The minimum atomic E-state index is -0.132.